The SMILES string of the molecule is CC(C)(C)OC(=O)N1Cc2[nH]nc(CCN)c2C1. The van der Waals surface area contributed by atoms with E-state index in [0.29, 0.717) is 19.6 Å². The van der Waals surface area contributed by atoms with Gasteiger partial charge >= 0.3 is 6.09 Å². The predicted octanol–water partition coefficient (Wildman–Crippen LogP) is 1.16. The number of nitrogens with zero attached hydrogens (tertiary/aromatic N) is 2. The van der Waals surface area contributed by atoms with Crippen molar-refractivity contribution in [2.24, 2.45) is 5.73 Å². The Morgan fingerprint density at radius 2 is 2.22 bits per heavy atom. The third-order valence-electron chi connectivity index (χ3n) is 2.77. The van der Waals surface area contributed by atoms with Crippen LogP contribution in [0, 0.1) is 0 Å². The van der Waals surface area contributed by atoms with Gasteiger partial charge in [-0.15, -0.1) is 0 Å². The van der Waals surface area contributed by atoms with Crippen molar-refractivity contribution in [2.45, 2.75) is 45.9 Å². The molecule has 2 heterocycles. The highest BCUT2D eigenvalue weighted by Crippen LogP contribution is 2.25. The molecule has 0 fully saturated rings. The molecule has 0 saturated heterocycles. The van der Waals surface area contributed by atoms with Gasteiger partial charge in [-0.2, -0.15) is 5.10 Å². The van der Waals surface area contributed by atoms with Crippen molar-refractivity contribution in [3.63, 3.8) is 0 Å². The fraction of sp³-hybridized carbons (Fsp3) is 0.667. The highest BCUT2D eigenvalue weighted by Gasteiger charge is 2.30. The number of nitrogens with two attached hydrogens (primary N) is 1. The number of fused-ring (bicyclic) bond motifs is 1. The normalized spacial score (nSPS) is 14.8. The van der Waals surface area contributed by atoms with Crippen molar-refractivity contribution in [1.29, 1.82) is 0 Å². The number of ether oxygens (including phenoxy) is 1. The molecule has 0 atom stereocenters. The smallest absolute Gasteiger partial charge is 0.410 e. The van der Waals surface area contributed by atoms with Crippen LogP contribution in [-0.4, -0.2) is 33.3 Å². The summed E-state index contributed by atoms with van der Waals surface area (Å²) in [6, 6.07) is 0. The Morgan fingerprint density at radius 3 is 2.83 bits per heavy atom. The number of hydrogen-bond donors (Lipinski definition) is 2. The largest absolute Gasteiger partial charge is 0.444 e. The zero-order valence-corrected chi connectivity index (χ0v) is 11.1. The van der Waals surface area contributed by atoms with E-state index in [1.807, 2.05) is 20.8 Å². The summed E-state index contributed by atoms with van der Waals surface area (Å²) in [5.74, 6) is 0. The standard InChI is InChI=1S/C12H20N4O2/c1-12(2,3)18-11(17)16-6-8-9(4-5-13)14-15-10(8)7-16/h4-7,13H2,1-3H3,(H,14,15). The van der Waals surface area contributed by atoms with Crippen LogP contribution in [0.1, 0.15) is 37.7 Å². The van der Waals surface area contributed by atoms with Gasteiger partial charge < -0.3 is 10.5 Å². The van der Waals surface area contributed by atoms with Crippen LogP contribution >= 0.6 is 0 Å². The van der Waals surface area contributed by atoms with Crippen LogP contribution in [0.3, 0.4) is 0 Å². The van der Waals surface area contributed by atoms with Crippen LogP contribution in [0.4, 0.5) is 4.79 Å². The second-order valence-electron chi connectivity index (χ2n) is 5.50. The molecule has 18 heavy (non-hydrogen) atoms. The Morgan fingerprint density at radius 1 is 1.50 bits per heavy atom. The predicted molar refractivity (Wildman–Crippen MR) is 66.8 cm³/mol. The van der Waals surface area contributed by atoms with Gasteiger partial charge in [0, 0.05) is 12.0 Å². The second-order valence-corrected chi connectivity index (χ2v) is 5.50. The van der Waals surface area contributed by atoms with Gasteiger partial charge in [-0.05, 0) is 27.3 Å². The third kappa shape index (κ3) is 2.64. The molecule has 0 aromatic carbocycles. The molecule has 6 nitrogen and oxygen atoms in total. The molecule has 100 valence electrons. The number of H-pyrrole nitrogens is 1. The van der Waals surface area contributed by atoms with Gasteiger partial charge in [0.2, 0.25) is 0 Å². The lowest BCUT2D eigenvalue weighted by atomic mass is 10.2. The molecule has 1 amide bonds. The van der Waals surface area contributed by atoms with Crippen molar-refractivity contribution in [2.75, 3.05) is 6.54 Å². The zero-order valence-electron chi connectivity index (χ0n) is 11.1. The summed E-state index contributed by atoms with van der Waals surface area (Å²) in [5, 5.41) is 7.18. The minimum atomic E-state index is -0.467. The number of rotatable bonds is 2. The fourth-order valence-corrected chi connectivity index (χ4v) is 2.00. The Labute approximate surface area is 106 Å². The molecule has 6 heteroatoms. The summed E-state index contributed by atoms with van der Waals surface area (Å²) < 4.78 is 5.35. The lowest BCUT2D eigenvalue weighted by Gasteiger charge is -2.24. The van der Waals surface area contributed by atoms with Crippen LogP contribution in [-0.2, 0) is 24.2 Å². The van der Waals surface area contributed by atoms with Crippen molar-refractivity contribution in [3.8, 4) is 0 Å². The van der Waals surface area contributed by atoms with E-state index in [9.17, 15) is 4.79 Å². The maximum absolute atomic E-state index is 11.9. The van der Waals surface area contributed by atoms with Crippen LogP contribution in [0.25, 0.3) is 0 Å². The third-order valence-corrected chi connectivity index (χ3v) is 2.77. The lowest BCUT2D eigenvalue weighted by molar-refractivity contribution is 0.0239. The molecule has 1 aromatic rings. The highest BCUT2D eigenvalue weighted by atomic mass is 16.6. The zero-order chi connectivity index (χ0) is 13.3. The lowest BCUT2D eigenvalue weighted by Crippen LogP contribution is -2.33. The number of nitrogens with one attached hydrogen (secondary N) is 1. The molecule has 0 saturated carbocycles. The molecule has 0 aliphatic carbocycles. The number of carbonyl (C=O) groups excluding carboxylic acids is 1. The van der Waals surface area contributed by atoms with E-state index < -0.39 is 5.60 Å². The minimum absolute atomic E-state index is 0.286. The van der Waals surface area contributed by atoms with Gasteiger partial charge in [0.05, 0.1) is 24.5 Å². The second kappa shape index (κ2) is 4.61. The maximum atomic E-state index is 11.9. The number of aromatic nitrogens is 2. The molecule has 0 radical (unpaired) electrons. The van der Waals surface area contributed by atoms with Crippen LogP contribution < -0.4 is 5.73 Å². The molecular weight excluding hydrogens is 232 g/mol. The van der Waals surface area contributed by atoms with Gasteiger partial charge in [-0.3, -0.25) is 10.00 Å². The molecule has 0 unspecified atom stereocenters. The van der Waals surface area contributed by atoms with Gasteiger partial charge in [0.25, 0.3) is 0 Å². The van der Waals surface area contributed by atoms with E-state index in [1.165, 1.54) is 0 Å². The first-order valence-electron chi connectivity index (χ1n) is 6.13. The highest BCUT2D eigenvalue weighted by molar-refractivity contribution is 5.69. The van der Waals surface area contributed by atoms with E-state index in [1.54, 1.807) is 4.90 Å². The van der Waals surface area contributed by atoms with E-state index >= 15 is 0 Å². The molecule has 3 N–H and O–H groups in total. The first-order chi connectivity index (χ1) is 8.40. The van der Waals surface area contributed by atoms with E-state index in [-0.39, 0.29) is 6.09 Å². The van der Waals surface area contributed by atoms with Crippen LogP contribution in [0.5, 0.6) is 0 Å². The number of carbonyl (C=O) groups is 1. The maximum Gasteiger partial charge on any atom is 0.410 e. The minimum Gasteiger partial charge on any atom is -0.444 e. The molecule has 1 aromatic heterocycles. The van der Waals surface area contributed by atoms with Crippen LogP contribution in [0.15, 0.2) is 0 Å². The van der Waals surface area contributed by atoms with E-state index in [0.717, 1.165) is 23.4 Å². The van der Waals surface area contributed by atoms with Crippen molar-refractivity contribution < 1.29 is 9.53 Å². The molecular formula is C12H20N4O2. The average Bonchev–Trinajstić information content (AvgIpc) is 2.77. The molecule has 2 rings (SSSR count). The van der Waals surface area contributed by atoms with Gasteiger partial charge in [0.15, 0.2) is 0 Å². The quantitative estimate of drug-likeness (QED) is 0.827. The molecule has 1 aliphatic heterocycles. The number of hydrogen-bond acceptors (Lipinski definition) is 4. The van der Waals surface area contributed by atoms with E-state index in [4.69, 9.17) is 10.5 Å². The topological polar surface area (TPSA) is 84.2 Å². The number of amides is 1. The van der Waals surface area contributed by atoms with Gasteiger partial charge in [0.1, 0.15) is 5.60 Å². The Bertz CT molecular complexity index is 447. The molecule has 0 bridgehead atoms. The molecule has 1 aliphatic rings. The summed E-state index contributed by atoms with van der Waals surface area (Å²) in [6.45, 7) is 7.23. The Kier molecular flexibility index (Phi) is 3.30. The number of aromatic amines is 1. The van der Waals surface area contributed by atoms with Crippen molar-refractivity contribution in [3.05, 3.63) is 17.0 Å². The van der Waals surface area contributed by atoms with Gasteiger partial charge in [-0.1, -0.05) is 0 Å². The van der Waals surface area contributed by atoms with Crippen LogP contribution in [0.2, 0.25) is 0 Å². The van der Waals surface area contributed by atoms with Gasteiger partial charge in [-0.25, -0.2) is 4.79 Å². The first-order valence-corrected chi connectivity index (χ1v) is 6.13. The fourth-order valence-electron chi connectivity index (χ4n) is 2.00. The average molecular weight is 252 g/mol. The van der Waals surface area contributed by atoms with Crippen molar-refractivity contribution >= 4 is 6.09 Å². The summed E-state index contributed by atoms with van der Waals surface area (Å²) in [6.07, 6.45) is 0.444. The summed E-state index contributed by atoms with van der Waals surface area (Å²) in [7, 11) is 0. The summed E-state index contributed by atoms with van der Waals surface area (Å²) in [5.41, 5.74) is 8.10. The summed E-state index contributed by atoms with van der Waals surface area (Å²) in [4.78, 5) is 13.6. The summed E-state index contributed by atoms with van der Waals surface area (Å²) >= 11 is 0. The Hall–Kier alpha value is -1.56. The Balaban J connectivity index is 2.03. The first kappa shape index (κ1) is 12.9. The van der Waals surface area contributed by atoms with E-state index in [2.05, 4.69) is 10.2 Å². The molecule has 0 spiro atoms. The van der Waals surface area contributed by atoms with Crippen molar-refractivity contribution in [1.82, 2.24) is 15.1 Å². The monoisotopic (exact) mass is 252 g/mol.